The summed E-state index contributed by atoms with van der Waals surface area (Å²) >= 11 is 0. The molecule has 0 amide bonds. The number of hydrogen-bond acceptors (Lipinski definition) is 4. The molecule has 3 rings (SSSR count). The van der Waals surface area contributed by atoms with Crippen LogP contribution < -0.4 is 11.2 Å². The second-order valence-corrected chi connectivity index (χ2v) is 8.30. The van der Waals surface area contributed by atoms with E-state index in [9.17, 15) is 34.1 Å². The van der Waals surface area contributed by atoms with Crippen molar-refractivity contribution >= 4 is 21.3 Å². The second-order valence-electron chi connectivity index (χ2n) is 5.90. The third kappa shape index (κ3) is 3.47. The molecule has 3 aromatic rings. The van der Waals surface area contributed by atoms with E-state index in [0.29, 0.717) is 0 Å². The van der Waals surface area contributed by atoms with Crippen molar-refractivity contribution < 1.29 is 24.5 Å². The number of halogens is 5. The van der Waals surface area contributed by atoms with Gasteiger partial charge in [-0.05, 0) is 24.6 Å². The van der Waals surface area contributed by atoms with Crippen molar-refractivity contribution in [3.63, 3.8) is 0 Å². The van der Waals surface area contributed by atoms with Crippen LogP contribution in [0.5, 0.6) is 0 Å². The van der Waals surface area contributed by atoms with Gasteiger partial charge in [-0.3, -0.25) is 14.8 Å². The fraction of sp³-hybridized carbons (Fsp3) is 0.214. The van der Waals surface area contributed by atoms with Crippen molar-refractivity contribution in [2.24, 2.45) is 0 Å². The van der Waals surface area contributed by atoms with E-state index in [-0.39, 0.29) is 34.4 Å². The van der Waals surface area contributed by atoms with Crippen molar-refractivity contribution in [1.82, 2.24) is 19.7 Å². The lowest BCUT2D eigenvalue weighted by Crippen LogP contribution is -2.23. The number of fused-ring (bicyclic) bond motifs is 1. The van der Waals surface area contributed by atoms with Crippen molar-refractivity contribution in [2.75, 3.05) is 0 Å². The van der Waals surface area contributed by atoms with Gasteiger partial charge in [0.15, 0.2) is 0 Å². The molecule has 0 aliphatic heterocycles. The lowest BCUT2D eigenvalue weighted by molar-refractivity contribution is 0.276. The van der Waals surface area contributed by atoms with Crippen LogP contribution >= 0.6 is 10.2 Å². The highest BCUT2D eigenvalue weighted by molar-refractivity contribution is 8.45. The van der Waals surface area contributed by atoms with Gasteiger partial charge in [-0.1, -0.05) is 31.6 Å². The van der Waals surface area contributed by atoms with Gasteiger partial charge in [0, 0.05) is 0 Å². The van der Waals surface area contributed by atoms with Gasteiger partial charge in [0.2, 0.25) is 0 Å². The van der Waals surface area contributed by atoms with E-state index in [0.717, 1.165) is 16.8 Å². The van der Waals surface area contributed by atoms with E-state index in [1.54, 1.807) is 0 Å². The van der Waals surface area contributed by atoms with E-state index in [4.69, 9.17) is 0 Å². The number of rotatable bonds is 4. The van der Waals surface area contributed by atoms with E-state index in [1.807, 2.05) is 4.98 Å². The Bertz CT molecular complexity index is 1150. The molecule has 7 nitrogen and oxygen atoms in total. The normalized spacial score (nSPS) is 16.1. The second kappa shape index (κ2) is 5.19. The lowest BCUT2D eigenvalue weighted by Gasteiger charge is -2.40. The SMILES string of the molecule is C[C@@H](c1ccc(S(F)(F)(F)(F)F)cc1)n1nc(CO)c2c(=O)[nH]c(=O)[nH]c21. The van der Waals surface area contributed by atoms with Gasteiger partial charge >= 0.3 is 15.9 Å². The van der Waals surface area contributed by atoms with Crippen LogP contribution in [0.25, 0.3) is 11.0 Å². The number of aliphatic hydroxyl groups excluding tert-OH is 1. The fourth-order valence-corrected chi connectivity index (χ4v) is 3.33. The van der Waals surface area contributed by atoms with Crippen LogP contribution in [-0.2, 0) is 6.61 Å². The zero-order valence-electron chi connectivity index (χ0n) is 13.6. The first-order chi connectivity index (χ1) is 12.2. The molecular weight excluding hydrogens is 399 g/mol. The molecule has 0 fully saturated rings. The highest BCUT2D eigenvalue weighted by Gasteiger charge is 2.65. The highest BCUT2D eigenvalue weighted by Crippen LogP contribution is 3.02. The number of aromatic amines is 2. The van der Waals surface area contributed by atoms with Gasteiger partial charge in [-0.2, -0.15) is 5.10 Å². The Labute approximate surface area is 147 Å². The maximum atomic E-state index is 12.8. The van der Waals surface area contributed by atoms with Crippen molar-refractivity contribution in [3.8, 4) is 0 Å². The summed E-state index contributed by atoms with van der Waals surface area (Å²) in [5.74, 6) is 0. The Kier molecular flexibility index (Phi) is 3.67. The maximum Gasteiger partial charge on any atom is 0.327 e. The zero-order valence-corrected chi connectivity index (χ0v) is 14.4. The van der Waals surface area contributed by atoms with E-state index in [1.165, 1.54) is 6.92 Å². The number of nitrogens with zero attached hydrogens (tertiary/aromatic N) is 2. The van der Waals surface area contributed by atoms with Crippen LogP contribution in [0.15, 0.2) is 38.8 Å². The summed E-state index contributed by atoms with van der Waals surface area (Å²) in [5.41, 5.74) is -1.60. The Morgan fingerprint density at radius 3 is 2.22 bits per heavy atom. The summed E-state index contributed by atoms with van der Waals surface area (Å²) in [7, 11) is -9.79. The van der Waals surface area contributed by atoms with Crippen molar-refractivity contribution in [3.05, 3.63) is 56.4 Å². The minimum Gasteiger partial charge on any atom is -0.390 e. The van der Waals surface area contributed by atoms with Crippen LogP contribution in [0.3, 0.4) is 0 Å². The number of aliphatic hydroxyl groups is 1. The molecular formula is C14H13F5N4O3S. The number of hydrogen-bond donors (Lipinski definition) is 3. The molecule has 0 aliphatic rings. The Balaban J connectivity index is 2.14. The average Bonchev–Trinajstić information content (AvgIpc) is 2.91. The van der Waals surface area contributed by atoms with Crippen molar-refractivity contribution in [1.29, 1.82) is 0 Å². The maximum absolute atomic E-state index is 12.8. The third-order valence-corrected chi connectivity index (χ3v) is 5.16. The molecule has 0 bridgehead atoms. The van der Waals surface area contributed by atoms with Crippen LogP contribution in [0.1, 0.15) is 24.2 Å². The summed E-state index contributed by atoms with van der Waals surface area (Å²) in [6, 6.07) is 1.41. The summed E-state index contributed by atoms with van der Waals surface area (Å²) in [5, 5.41) is 13.3. The van der Waals surface area contributed by atoms with Crippen LogP contribution in [0.2, 0.25) is 0 Å². The molecule has 0 aliphatic carbocycles. The molecule has 0 radical (unpaired) electrons. The smallest absolute Gasteiger partial charge is 0.327 e. The molecule has 2 aromatic heterocycles. The summed E-state index contributed by atoms with van der Waals surface area (Å²) in [6.45, 7) is 0.844. The van der Waals surface area contributed by atoms with E-state index in [2.05, 4.69) is 10.1 Å². The largest absolute Gasteiger partial charge is 0.390 e. The predicted octanol–water partition coefficient (Wildman–Crippen LogP) is 3.17. The summed E-state index contributed by atoms with van der Waals surface area (Å²) < 4.78 is 65.2. The molecule has 3 N–H and O–H groups in total. The quantitative estimate of drug-likeness (QED) is 0.573. The molecule has 0 saturated carbocycles. The number of aromatic nitrogens is 4. The third-order valence-electron chi connectivity index (χ3n) is 3.99. The Hall–Kier alpha value is -2.67. The predicted molar refractivity (Wildman–Crippen MR) is 88.5 cm³/mol. The molecule has 27 heavy (non-hydrogen) atoms. The molecule has 148 valence electrons. The first-order valence-electron chi connectivity index (χ1n) is 7.40. The van der Waals surface area contributed by atoms with Crippen LogP contribution in [-0.4, -0.2) is 24.9 Å². The molecule has 2 heterocycles. The van der Waals surface area contributed by atoms with Gasteiger partial charge in [0.05, 0.1) is 12.6 Å². The van der Waals surface area contributed by atoms with Gasteiger partial charge in [-0.15, -0.1) is 0 Å². The molecule has 1 aromatic carbocycles. The van der Waals surface area contributed by atoms with Crippen LogP contribution in [0.4, 0.5) is 19.4 Å². The first kappa shape index (κ1) is 19.1. The minimum absolute atomic E-state index is 0.0574. The van der Waals surface area contributed by atoms with Gasteiger partial charge < -0.3 is 5.11 Å². The number of benzene rings is 1. The molecule has 1 atom stereocenters. The monoisotopic (exact) mass is 412 g/mol. The Morgan fingerprint density at radius 2 is 1.70 bits per heavy atom. The standard InChI is InChI=1S/C14H13F5N4O3S/c1-7(8-2-4-9(5-3-8)27(15,16,17,18)19)23-12-11(10(6-24)22-23)13(25)21-14(26)20-12/h2-5,7,24H,6H2,1H3,(H2,20,21,25,26)/t7-/m0/s1. The van der Waals surface area contributed by atoms with Gasteiger partial charge in [0.1, 0.15) is 21.6 Å². The molecule has 13 heteroatoms. The van der Waals surface area contributed by atoms with E-state index < -0.39 is 39.0 Å². The number of nitrogens with one attached hydrogen (secondary N) is 2. The summed E-state index contributed by atoms with van der Waals surface area (Å²) in [6.07, 6.45) is 0. The zero-order chi connectivity index (χ0) is 20.3. The van der Waals surface area contributed by atoms with E-state index >= 15 is 0 Å². The topological polar surface area (TPSA) is 104 Å². The minimum atomic E-state index is -9.79. The molecule has 0 spiro atoms. The molecule has 0 unspecified atom stereocenters. The lowest BCUT2D eigenvalue weighted by atomic mass is 10.1. The number of H-pyrrole nitrogens is 2. The fourth-order valence-electron chi connectivity index (χ4n) is 2.68. The van der Waals surface area contributed by atoms with Crippen LogP contribution in [0, 0.1) is 0 Å². The molecule has 0 saturated heterocycles. The summed E-state index contributed by atoms with van der Waals surface area (Å²) in [4.78, 5) is 25.7. The van der Waals surface area contributed by atoms with Crippen molar-refractivity contribution in [2.45, 2.75) is 24.5 Å². The highest BCUT2D eigenvalue weighted by atomic mass is 32.5. The first-order valence-corrected chi connectivity index (χ1v) is 9.35. The average molecular weight is 412 g/mol. The van der Waals surface area contributed by atoms with Gasteiger partial charge in [0.25, 0.3) is 5.56 Å². The van der Waals surface area contributed by atoms with Gasteiger partial charge in [-0.25, -0.2) is 9.48 Å². The Morgan fingerprint density at radius 1 is 1.11 bits per heavy atom.